The number of para-hydroxylation sites is 1. The molecule has 34 heavy (non-hydrogen) atoms. The molecule has 0 spiro atoms. The van der Waals surface area contributed by atoms with Crippen LogP contribution in [0, 0.1) is 11.8 Å². The molecule has 0 aromatic heterocycles. The lowest BCUT2D eigenvalue weighted by Crippen LogP contribution is -2.52. The molecule has 2 aromatic carbocycles. The highest BCUT2D eigenvalue weighted by molar-refractivity contribution is 5.68. The molecule has 0 radical (unpaired) electrons. The van der Waals surface area contributed by atoms with E-state index in [-0.39, 0.29) is 0 Å². The van der Waals surface area contributed by atoms with E-state index >= 15 is 0 Å². The van der Waals surface area contributed by atoms with Crippen LogP contribution in [0.1, 0.15) is 63.0 Å². The van der Waals surface area contributed by atoms with Crippen molar-refractivity contribution in [3.05, 3.63) is 108 Å². The maximum Gasteiger partial charge on any atom is 0.0393 e. The Morgan fingerprint density at radius 3 is 2.56 bits per heavy atom. The zero-order valence-corrected chi connectivity index (χ0v) is 20.7. The lowest BCUT2D eigenvalue weighted by molar-refractivity contribution is 0.280. The van der Waals surface area contributed by atoms with Gasteiger partial charge < -0.3 is 4.90 Å². The number of fused-ring (bicyclic) bond motifs is 2. The van der Waals surface area contributed by atoms with Crippen LogP contribution in [0.3, 0.4) is 0 Å². The Labute approximate surface area is 206 Å². The highest BCUT2D eigenvalue weighted by atomic mass is 15.2. The first-order valence-corrected chi connectivity index (χ1v) is 13.4. The first kappa shape index (κ1) is 23.0. The van der Waals surface area contributed by atoms with E-state index in [0.29, 0.717) is 23.9 Å². The van der Waals surface area contributed by atoms with Gasteiger partial charge in [-0.15, -0.1) is 0 Å². The van der Waals surface area contributed by atoms with Gasteiger partial charge in [0.2, 0.25) is 0 Å². The van der Waals surface area contributed by atoms with Crippen molar-refractivity contribution in [3.8, 4) is 0 Å². The minimum Gasteiger partial charge on any atom is -0.364 e. The summed E-state index contributed by atoms with van der Waals surface area (Å²) in [5.74, 6) is 1.11. The van der Waals surface area contributed by atoms with E-state index in [4.69, 9.17) is 0 Å². The van der Waals surface area contributed by atoms with Gasteiger partial charge in [-0.05, 0) is 79.7 Å². The summed E-state index contributed by atoms with van der Waals surface area (Å²) in [4.78, 5) is 2.87. The van der Waals surface area contributed by atoms with Crippen molar-refractivity contribution in [2.75, 3.05) is 4.90 Å². The van der Waals surface area contributed by atoms with Gasteiger partial charge in [-0.1, -0.05) is 98.3 Å². The lowest BCUT2D eigenvalue weighted by atomic mass is 9.73. The number of nitrogens with zero attached hydrogens (tertiary/aromatic N) is 1. The summed E-state index contributed by atoms with van der Waals surface area (Å²) in [5.41, 5.74) is 7.14. The average molecular weight is 450 g/mol. The number of benzene rings is 2. The van der Waals surface area contributed by atoms with E-state index in [1.807, 2.05) is 0 Å². The quantitative estimate of drug-likeness (QED) is 0.413. The molecular formula is C33H39N. The third kappa shape index (κ3) is 4.71. The molecule has 0 N–H and O–H groups in total. The fourth-order valence-corrected chi connectivity index (χ4v) is 6.68. The van der Waals surface area contributed by atoms with Crippen LogP contribution in [-0.4, -0.2) is 12.1 Å². The molecule has 4 atom stereocenters. The van der Waals surface area contributed by atoms with Gasteiger partial charge in [0.05, 0.1) is 0 Å². The second-order valence-electron chi connectivity index (χ2n) is 10.4. The predicted molar refractivity (Wildman–Crippen MR) is 147 cm³/mol. The van der Waals surface area contributed by atoms with Crippen LogP contribution >= 0.6 is 0 Å². The van der Waals surface area contributed by atoms with Gasteiger partial charge in [-0.3, -0.25) is 0 Å². The van der Waals surface area contributed by atoms with Crippen LogP contribution in [-0.2, 0) is 6.42 Å². The lowest BCUT2D eigenvalue weighted by Gasteiger charge is -2.48. The summed E-state index contributed by atoms with van der Waals surface area (Å²) in [6.07, 6.45) is 21.2. The second-order valence-corrected chi connectivity index (χ2v) is 10.4. The summed E-state index contributed by atoms with van der Waals surface area (Å²) in [6, 6.07) is 21.3. The number of hydrogen-bond donors (Lipinski definition) is 0. The third-order valence-electron chi connectivity index (χ3n) is 8.18. The minimum absolute atomic E-state index is 0.473. The largest absolute Gasteiger partial charge is 0.364 e. The zero-order chi connectivity index (χ0) is 23.3. The number of rotatable bonds is 5. The van der Waals surface area contributed by atoms with E-state index in [0.717, 1.165) is 25.7 Å². The Morgan fingerprint density at radius 1 is 0.941 bits per heavy atom. The van der Waals surface area contributed by atoms with Crippen molar-refractivity contribution < 1.29 is 0 Å². The van der Waals surface area contributed by atoms with Gasteiger partial charge in [0.15, 0.2) is 0 Å². The Morgan fingerprint density at radius 2 is 1.76 bits per heavy atom. The Balaban J connectivity index is 1.65. The van der Waals surface area contributed by atoms with Crippen molar-refractivity contribution in [1.82, 2.24) is 0 Å². The first-order chi connectivity index (χ1) is 16.8. The van der Waals surface area contributed by atoms with E-state index < -0.39 is 0 Å². The SMILES string of the molecule is C=C1CC(CCC)[C@@H](N(c2ccccc2)C2CC=CCC2)C2CC=CC=C2Cc2ccccc21. The first-order valence-electron chi connectivity index (χ1n) is 13.4. The van der Waals surface area contributed by atoms with Crippen LogP contribution in [0.5, 0.6) is 0 Å². The standard InChI is InChI=1S/C33H39N/c1-3-14-28-23-25(2)31-21-12-10-15-26(31)24-27-16-11-13-22-32(27)33(28)34(29-17-6-4-7-18-29)30-19-8-5-9-20-30/h4-8,10-13,15-18,21,28,30,32-33H,2-3,9,14,19-20,22-24H2,1H3/t28?,30?,32?,33-/m1/s1. The number of anilines is 1. The van der Waals surface area contributed by atoms with E-state index in [1.165, 1.54) is 48.1 Å². The summed E-state index contributed by atoms with van der Waals surface area (Å²) in [6.45, 7) is 7.02. The fraction of sp³-hybridized carbons (Fsp3) is 0.394. The van der Waals surface area contributed by atoms with Crippen LogP contribution in [0.2, 0.25) is 0 Å². The van der Waals surface area contributed by atoms with Crippen molar-refractivity contribution >= 4 is 11.3 Å². The van der Waals surface area contributed by atoms with Crippen molar-refractivity contribution in [1.29, 1.82) is 0 Å². The number of allylic oxidation sites excluding steroid dienone is 5. The molecule has 0 saturated carbocycles. The molecule has 5 rings (SSSR count). The molecule has 3 aliphatic carbocycles. The molecule has 0 heterocycles. The maximum atomic E-state index is 4.66. The molecule has 1 heteroatoms. The molecule has 176 valence electrons. The summed E-state index contributed by atoms with van der Waals surface area (Å²) >= 11 is 0. The topological polar surface area (TPSA) is 3.24 Å². The monoisotopic (exact) mass is 449 g/mol. The van der Waals surface area contributed by atoms with Crippen molar-refractivity contribution in [2.24, 2.45) is 11.8 Å². The van der Waals surface area contributed by atoms with Gasteiger partial charge in [0.1, 0.15) is 0 Å². The van der Waals surface area contributed by atoms with Crippen LogP contribution in [0.25, 0.3) is 5.57 Å². The maximum absolute atomic E-state index is 4.66. The van der Waals surface area contributed by atoms with Crippen LogP contribution in [0.15, 0.2) is 97.1 Å². The Kier molecular flexibility index (Phi) is 7.19. The fourth-order valence-electron chi connectivity index (χ4n) is 6.68. The molecule has 3 unspecified atom stereocenters. The van der Waals surface area contributed by atoms with Gasteiger partial charge in [-0.2, -0.15) is 0 Å². The molecule has 2 aromatic rings. The zero-order valence-electron chi connectivity index (χ0n) is 20.7. The van der Waals surface area contributed by atoms with Crippen molar-refractivity contribution in [3.63, 3.8) is 0 Å². The molecular weight excluding hydrogens is 410 g/mol. The Bertz CT molecular complexity index is 1070. The van der Waals surface area contributed by atoms with E-state index in [2.05, 4.69) is 103 Å². The molecule has 0 bridgehead atoms. The molecule has 0 saturated heterocycles. The minimum atomic E-state index is 0.473. The highest BCUT2D eigenvalue weighted by Gasteiger charge is 2.40. The molecule has 0 aliphatic heterocycles. The molecule has 0 amide bonds. The van der Waals surface area contributed by atoms with Gasteiger partial charge in [0, 0.05) is 23.7 Å². The van der Waals surface area contributed by atoms with Gasteiger partial charge >= 0.3 is 0 Å². The van der Waals surface area contributed by atoms with Crippen LogP contribution in [0.4, 0.5) is 5.69 Å². The van der Waals surface area contributed by atoms with E-state index in [9.17, 15) is 0 Å². The molecule has 0 fully saturated rings. The molecule has 1 nitrogen and oxygen atoms in total. The smallest absolute Gasteiger partial charge is 0.0393 e. The van der Waals surface area contributed by atoms with Crippen LogP contribution < -0.4 is 4.90 Å². The summed E-state index contributed by atoms with van der Waals surface area (Å²) in [5, 5.41) is 0. The molecule has 3 aliphatic rings. The van der Waals surface area contributed by atoms with E-state index in [1.54, 1.807) is 5.57 Å². The third-order valence-corrected chi connectivity index (χ3v) is 8.18. The second kappa shape index (κ2) is 10.6. The highest BCUT2D eigenvalue weighted by Crippen LogP contribution is 2.44. The summed E-state index contributed by atoms with van der Waals surface area (Å²) in [7, 11) is 0. The normalized spacial score (nSPS) is 26.5. The summed E-state index contributed by atoms with van der Waals surface area (Å²) < 4.78 is 0. The predicted octanol–water partition coefficient (Wildman–Crippen LogP) is 8.55. The van der Waals surface area contributed by atoms with Crippen molar-refractivity contribution in [2.45, 2.75) is 70.4 Å². The van der Waals surface area contributed by atoms with Gasteiger partial charge in [0.25, 0.3) is 0 Å². The Hall–Kier alpha value is -2.80. The van der Waals surface area contributed by atoms with Gasteiger partial charge in [-0.25, -0.2) is 0 Å². The average Bonchev–Trinajstić information content (AvgIpc) is 2.93. The number of hydrogen-bond acceptors (Lipinski definition) is 1.